The van der Waals surface area contributed by atoms with Crippen LogP contribution in [0.5, 0.6) is 5.75 Å². The number of hydrogen-bond donors (Lipinski definition) is 3. The van der Waals surface area contributed by atoms with Gasteiger partial charge >= 0.3 is 0 Å². The van der Waals surface area contributed by atoms with Crippen LogP contribution in [0.2, 0.25) is 0 Å². The minimum absolute atomic E-state index is 0.157. The van der Waals surface area contributed by atoms with E-state index in [0.717, 1.165) is 11.1 Å². The number of benzene rings is 1. The average Bonchev–Trinajstić information content (AvgIpc) is 2.70. The highest BCUT2D eigenvalue weighted by Gasteiger charge is 2.52. The molecule has 0 saturated heterocycles. The van der Waals surface area contributed by atoms with Crippen molar-refractivity contribution in [1.29, 1.82) is 0 Å². The van der Waals surface area contributed by atoms with E-state index in [0.29, 0.717) is 24.1 Å². The van der Waals surface area contributed by atoms with Crippen molar-refractivity contribution in [2.24, 2.45) is 0 Å². The fourth-order valence-corrected chi connectivity index (χ4v) is 4.03. The van der Waals surface area contributed by atoms with Crippen LogP contribution >= 0.6 is 0 Å². The molecule has 3 aliphatic rings. The number of fused-ring (bicyclic) bond motifs is 2. The summed E-state index contributed by atoms with van der Waals surface area (Å²) in [6.45, 7) is 1.39. The van der Waals surface area contributed by atoms with Crippen LogP contribution in [0, 0.1) is 12.7 Å². The molecule has 1 saturated carbocycles. The molecule has 7 nitrogen and oxygen atoms in total. The number of amides is 2. The average molecular weight is 425 g/mol. The Kier molecular flexibility index (Phi) is 5.73. The molecule has 0 aliphatic heterocycles. The van der Waals surface area contributed by atoms with Crippen molar-refractivity contribution in [3.05, 3.63) is 70.9 Å². The van der Waals surface area contributed by atoms with Gasteiger partial charge in [-0.2, -0.15) is 0 Å². The van der Waals surface area contributed by atoms with Gasteiger partial charge in [0.05, 0.1) is 18.1 Å². The van der Waals surface area contributed by atoms with Crippen molar-refractivity contribution in [1.82, 2.24) is 15.6 Å². The van der Waals surface area contributed by atoms with Gasteiger partial charge in [-0.3, -0.25) is 14.6 Å². The zero-order chi connectivity index (χ0) is 22.0. The SMILES string of the molecule is Cc1ccc(OCC(=O)NC2=C3CC(NC(=O)Cc4ccncc4)(C3)C(O)C2)cc1F. The molecule has 2 amide bonds. The molecule has 0 radical (unpaired) electrons. The molecule has 162 valence electrons. The number of nitrogens with zero attached hydrogens (tertiary/aromatic N) is 1. The largest absolute Gasteiger partial charge is 0.484 e. The summed E-state index contributed by atoms with van der Waals surface area (Å²) in [7, 11) is 0. The minimum Gasteiger partial charge on any atom is -0.484 e. The van der Waals surface area contributed by atoms with Crippen molar-refractivity contribution in [2.75, 3.05) is 6.61 Å². The number of nitrogens with one attached hydrogen (secondary N) is 2. The van der Waals surface area contributed by atoms with Gasteiger partial charge in [-0.05, 0) is 54.7 Å². The number of aryl methyl sites for hydroxylation is 1. The summed E-state index contributed by atoms with van der Waals surface area (Å²) in [4.78, 5) is 28.6. The predicted octanol–water partition coefficient (Wildman–Crippen LogP) is 1.93. The van der Waals surface area contributed by atoms with E-state index < -0.39 is 17.5 Å². The number of rotatable bonds is 7. The maximum absolute atomic E-state index is 13.6. The van der Waals surface area contributed by atoms with E-state index >= 15 is 0 Å². The predicted molar refractivity (Wildman–Crippen MR) is 110 cm³/mol. The molecule has 8 heteroatoms. The lowest BCUT2D eigenvalue weighted by molar-refractivity contribution is -0.126. The molecular weight excluding hydrogens is 401 g/mol. The van der Waals surface area contributed by atoms with E-state index in [2.05, 4.69) is 15.6 Å². The number of aliphatic hydroxyl groups excluding tert-OH is 1. The Labute approximate surface area is 179 Å². The molecule has 2 bridgehead atoms. The molecule has 1 unspecified atom stereocenters. The Balaban J connectivity index is 1.30. The third-order valence-corrected chi connectivity index (χ3v) is 5.83. The molecule has 31 heavy (non-hydrogen) atoms. The number of ether oxygens (including phenoxy) is 1. The molecule has 1 aromatic carbocycles. The molecule has 0 spiro atoms. The number of carbonyl (C=O) groups excluding carboxylic acids is 2. The number of aliphatic hydroxyl groups is 1. The van der Waals surface area contributed by atoms with Gasteiger partial charge in [0, 0.05) is 30.6 Å². The lowest BCUT2D eigenvalue weighted by Crippen LogP contribution is -2.65. The van der Waals surface area contributed by atoms with E-state index in [1.165, 1.54) is 6.07 Å². The van der Waals surface area contributed by atoms with Gasteiger partial charge in [0.25, 0.3) is 5.91 Å². The van der Waals surface area contributed by atoms with Gasteiger partial charge in [0.2, 0.25) is 5.91 Å². The van der Waals surface area contributed by atoms with E-state index in [9.17, 15) is 19.1 Å². The van der Waals surface area contributed by atoms with Crippen LogP contribution in [0.1, 0.15) is 30.4 Å². The number of carbonyl (C=O) groups is 2. The van der Waals surface area contributed by atoms with Crippen LogP contribution in [0.4, 0.5) is 4.39 Å². The Morgan fingerprint density at radius 2 is 1.97 bits per heavy atom. The zero-order valence-corrected chi connectivity index (χ0v) is 17.2. The van der Waals surface area contributed by atoms with Gasteiger partial charge in [-0.1, -0.05) is 6.07 Å². The molecule has 2 aromatic rings. The summed E-state index contributed by atoms with van der Waals surface area (Å²) >= 11 is 0. The first-order chi connectivity index (χ1) is 14.8. The number of halogens is 1. The fraction of sp³-hybridized carbons (Fsp3) is 0.348. The van der Waals surface area contributed by atoms with Crippen molar-refractivity contribution in [3.63, 3.8) is 0 Å². The Morgan fingerprint density at radius 3 is 2.65 bits per heavy atom. The summed E-state index contributed by atoms with van der Waals surface area (Å²) < 4.78 is 18.9. The van der Waals surface area contributed by atoms with E-state index in [-0.39, 0.29) is 37.0 Å². The normalized spacial score (nSPS) is 21.8. The Bertz CT molecular complexity index is 1030. The summed E-state index contributed by atoms with van der Waals surface area (Å²) in [5.41, 5.74) is 2.35. The number of hydrogen-bond acceptors (Lipinski definition) is 5. The highest BCUT2D eigenvalue weighted by atomic mass is 19.1. The highest BCUT2D eigenvalue weighted by Crippen LogP contribution is 2.47. The molecule has 3 aliphatic carbocycles. The maximum Gasteiger partial charge on any atom is 0.262 e. The van der Waals surface area contributed by atoms with Crippen LogP contribution in [0.25, 0.3) is 0 Å². The van der Waals surface area contributed by atoms with Gasteiger partial charge in [0.1, 0.15) is 11.6 Å². The summed E-state index contributed by atoms with van der Waals surface area (Å²) in [6, 6.07) is 7.99. The van der Waals surface area contributed by atoms with Crippen molar-refractivity contribution >= 4 is 11.8 Å². The van der Waals surface area contributed by atoms with Gasteiger partial charge in [-0.15, -0.1) is 0 Å². The third kappa shape index (κ3) is 4.59. The minimum atomic E-state index is -0.797. The lowest BCUT2D eigenvalue weighted by Gasteiger charge is -2.52. The van der Waals surface area contributed by atoms with Crippen LogP contribution in [0.3, 0.4) is 0 Å². The Morgan fingerprint density at radius 1 is 1.23 bits per heavy atom. The topological polar surface area (TPSA) is 101 Å². The molecule has 1 heterocycles. The maximum atomic E-state index is 13.6. The van der Waals surface area contributed by atoms with E-state index in [1.807, 2.05) is 0 Å². The molecule has 5 rings (SSSR count). The van der Waals surface area contributed by atoms with Crippen LogP contribution in [0.15, 0.2) is 54.0 Å². The molecule has 1 fully saturated rings. The van der Waals surface area contributed by atoms with Gasteiger partial charge in [-0.25, -0.2) is 4.39 Å². The lowest BCUT2D eigenvalue weighted by atomic mass is 9.62. The van der Waals surface area contributed by atoms with Crippen LogP contribution in [-0.2, 0) is 16.0 Å². The first-order valence-electron chi connectivity index (χ1n) is 10.1. The Hall–Kier alpha value is -3.26. The van der Waals surface area contributed by atoms with E-state index in [1.54, 1.807) is 43.6 Å². The second-order valence-electron chi connectivity index (χ2n) is 8.14. The fourth-order valence-electron chi connectivity index (χ4n) is 4.03. The summed E-state index contributed by atoms with van der Waals surface area (Å²) in [5.74, 6) is -0.651. The second kappa shape index (κ2) is 8.47. The molecule has 1 atom stereocenters. The molecular formula is C23H24FN3O4. The standard InChI is InChI=1S/C23H24FN3O4/c1-14-2-3-17(9-18(14)24)31-13-22(30)26-19-10-20(28)23(11-16(19)12-23)27-21(29)8-15-4-6-25-7-5-15/h2-7,9,20,28H,8,10-13H2,1H3,(H,26,30)(H,27,29). The van der Waals surface area contributed by atoms with Crippen LogP contribution in [-0.4, -0.2) is 40.2 Å². The zero-order valence-electron chi connectivity index (χ0n) is 17.2. The van der Waals surface area contributed by atoms with Crippen molar-refractivity contribution in [3.8, 4) is 5.75 Å². The molecule has 1 aromatic heterocycles. The number of aromatic nitrogens is 1. The first-order valence-corrected chi connectivity index (χ1v) is 10.1. The number of pyridine rings is 1. The monoisotopic (exact) mass is 425 g/mol. The summed E-state index contributed by atoms with van der Waals surface area (Å²) in [6.07, 6.45) is 3.93. The first kappa shape index (κ1) is 21.0. The van der Waals surface area contributed by atoms with Crippen molar-refractivity contribution < 1.29 is 23.8 Å². The molecule has 3 N–H and O–H groups in total. The van der Waals surface area contributed by atoms with E-state index in [4.69, 9.17) is 4.74 Å². The van der Waals surface area contributed by atoms with Crippen LogP contribution < -0.4 is 15.4 Å². The summed E-state index contributed by atoms with van der Waals surface area (Å²) in [5, 5.41) is 16.4. The third-order valence-electron chi connectivity index (χ3n) is 5.83. The smallest absolute Gasteiger partial charge is 0.262 e. The van der Waals surface area contributed by atoms with Gasteiger partial charge in [0.15, 0.2) is 6.61 Å². The highest BCUT2D eigenvalue weighted by molar-refractivity contribution is 5.81. The van der Waals surface area contributed by atoms with Gasteiger partial charge < -0.3 is 20.5 Å². The second-order valence-corrected chi connectivity index (χ2v) is 8.14. The van der Waals surface area contributed by atoms with Crippen molar-refractivity contribution in [2.45, 2.75) is 44.2 Å². The quantitative estimate of drug-likeness (QED) is 0.630.